The molecular weight excluding hydrogens is 383 g/mol. The van der Waals surface area contributed by atoms with Crippen LogP contribution in [0.15, 0.2) is 34.9 Å². The number of nitrogens with zero attached hydrogens (tertiary/aromatic N) is 5. The molecule has 4 rings (SSSR count). The van der Waals surface area contributed by atoms with Gasteiger partial charge in [0.05, 0.1) is 5.52 Å². The van der Waals surface area contributed by atoms with E-state index in [9.17, 15) is 13.2 Å². The second-order valence-corrected chi connectivity index (χ2v) is 6.20. The summed E-state index contributed by atoms with van der Waals surface area (Å²) in [5.41, 5.74) is 1.14. The van der Waals surface area contributed by atoms with E-state index in [-0.39, 0.29) is 28.5 Å². The van der Waals surface area contributed by atoms with Crippen LogP contribution < -0.4 is 0 Å². The Hall–Kier alpha value is -2.94. The van der Waals surface area contributed by atoms with E-state index in [1.54, 1.807) is 19.1 Å². The fourth-order valence-electron chi connectivity index (χ4n) is 2.71. The van der Waals surface area contributed by atoms with Crippen LogP contribution in [0, 0.1) is 12.9 Å². The van der Waals surface area contributed by atoms with Gasteiger partial charge in [-0.15, -0.1) is 15.3 Å². The molecule has 1 aromatic carbocycles. The van der Waals surface area contributed by atoms with Crippen molar-refractivity contribution in [3.05, 3.63) is 58.8 Å². The molecule has 0 aliphatic carbocycles. The zero-order valence-electron chi connectivity index (χ0n) is 13.8. The molecule has 3 heterocycles. The number of fused-ring (bicyclic) bond motifs is 1. The van der Waals surface area contributed by atoms with Crippen LogP contribution in [-0.4, -0.2) is 25.0 Å². The summed E-state index contributed by atoms with van der Waals surface area (Å²) in [4.78, 5) is 4.08. The summed E-state index contributed by atoms with van der Waals surface area (Å²) < 4.78 is 46.9. The summed E-state index contributed by atoms with van der Waals surface area (Å²) in [5, 5.41) is 11.4. The van der Waals surface area contributed by atoms with Gasteiger partial charge in [0.25, 0.3) is 12.4 Å². The molecule has 27 heavy (non-hydrogen) atoms. The van der Waals surface area contributed by atoms with Gasteiger partial charge in [0.1, 0.15) is 12.1 Å². The minimum atomic E-state index is -2.71. The highest BCUT2D eigenvalue weighted by molar-refractivity contribution is 6.31. The maximum absolute atomic E-state index is 14.1. The Morgan fingerprint density at radius 2 is 2.00 bits per heavy atom. The van der Waals surface area contributed by atoms with Crippen molar-refractivity contribution in [2.24, 2.45) is 0 Å². The Bertz CT molecular complexity index is 1140. The summed E-state index contributed by atoms with van der Waals surface area (Å²) in [6.07, 6.45) is -1.31. The van der Waals surface area contributed by atoms with E-state index in [4.69, 9.17) is 16.0 Å². The monoisotopic (exact) mass is 393 g/mol. The van der Waals surface area contributed by atoms with Crippen LogP contribution in [0.4, 0.5) is 13.2 Å². The number of aromatic nitrogens is 5. The van der Waals surface area contributed by atoms with Crippen LogP contribution in [0.3, 0.4) is 0 Å². The number of halogens is 4. The number of hydrogen-bond acceptors (Lipinski definition) is 5. The van der Waals surface area contributed by atoms with Gasteiger partial charge in [0.2, 0.25) is 11.8 Å². The third-order valence-corrected chi connectivity index (χ3v) is 4.31. The first-order chi connectivity index (χ1) is 12.9. The van der Waals surface area contributed by atoms with Crippen molar-refractivity contribution in [1.29, 1.82) is 0 Å². The molecule has 0 aliphatic rings. The fourth-order valence-corrected chi connectivity index (χ4v) is 2.91. The van der Waals surface area contributed by atoms with Gasteiger partial charge < -0.3 is 4.42 Å². The molecule has 3 aromatic heterocycles. The molecule has 0 fully saturated rings. The Labute approximate surface area is 155 Å². The summed E-state index contributed by atoms with van der Waals surface area (Å²) >= 11 is 5.81. The Kier molecular flexibility index (Phi) is 4.31. The summed E-state index contributed by atoms with van der Waals surface area (Å²) in [6.45, 7) is 1.69. The molecule has 0 aliphatic heterocycles. The Morgan fingerprint density at radius 3 is 2.70 bits per heavy atom. The number of hydrogen-bond donors (Lipinski definition) is 0. The van der Waals surface area contributed by atoms with Crippen LogP contribution in [0.2, 0.25) is 5.02 Å². The molecule has 0 radical (unpaired) electrons. The van der Waals surface area contributed by atoms with Crippen molar-refractivity contribution in [1.82, 2.24) is 25.0 Å². The molecule has 10 heteroatoms. The predicted molar refractivity (Wildman–Crippen MR) is 91.0 cm³/mol. The number of alkyl halides is 2. The molecular formula is C17H11ClF3N5O. The molecule has 0 atom stereocenters. The second kappa shape index (κ2) is 6.66. The van der Waals surface area contributed by atoms with Crippen molar-refractivity contribution in [3.8, 4) is 11.1 Å². The third-order valence-electron chi connectivity index (χ3n) is 3.97. The van der Waals surface area contributed by atoms with Gasteiger partial charge >= 0.3 is 0 Å². The molecule has 4 aromatic rings. The fraction of sp³-hybridized carbons (Fsp3) is 0.176. The van der Waals surface area contributed by atoms with Crippen LogP contribution in [-0.2, 0) is 6.54 Å². The topological polar surface area (TPSA) is 69.6 Å². The van der Waals surface area contributed by atoms with E-state index < -0.39 is 12.4 Å². The van der Waals surface area contributed by atoms with E-state index in [1.165, 1.54) is 23.0 Å². The Balaban J connectivity index is 1.79. The van der Waals surface area contributed by atoms with Crippen LogP contribution in [0.25, 0.3) is 22.2 Å². The van der Waals surface area contributed by atoms with Gasteiger partial charge in [-0.2, -0.15) is 4.39 Å². The van der Waals surface area contributed by atoms with E-state index >= 15 is 0 Å². The van der Waals surface area contributed by atoms with Crippen molar-refractivity contribution >= 4 is 22.6 Å². The lowest BCUT2D eigenvalue weighted by Gasteiger charge is -2.08. The minimum absolute atomic E-state index is 0.0226. The van der Waals surface area contributed by atoms with Gasteiger partial charge in [-0.05, 0) is 23.8 Å². The lowest BCUT2D eigenvalue weighted by molar-refractivity contribution is 0.151. The van der Waals surface area contributed by atoms with Crippen LogP contribution in [0.5, 0.6) is 0 Å². The zero-order valence-corrected chi connectivity index (χ0v) is 14.6. The van der Waals surface area contributed by atoms with Crippen molar-refractivity contribution in [2.75, 3.05) is 0 Å². The number of aryl methyl sites for hydroxylation is 1. The Morgan fingerprint density at radius 1 is 1.19 bits per heavy atom. The lowest BCUT2D eigenvalue weighted by atomic mass is 10.0. The van der Waals surface area contributed by atoms with Gasteiger partial charge in [-0.1, -0.05) is 17.7 Å². The normalized spacial score (nSPS) is 11.6. The van der Waals surface area contributed by atoms with E-state index in [1.807, 2.05) is 0 Å². The SMILES string of the molecule is Cc1nnc(Cn2nc(F)c3ncc(-c4ccc(Cl)c(C(F)F)c4)cc32)o1. The molecule has 0 unspecified atom stereocenters. The maximum Gasteiger partial charge on any atom is 0.265 e. The summed E-state index contributed by atoms with van der Waals surface area (Å²) in [5.74, 6) is -0.118. The van der Waals surface area contributed by atoms with Gasteiger partial charge in [-0.25, -0.2) is 13.8 Å². The zero-order chi connectivity index (χ0) is 19.1. The van der Waals surface area contributed by atoms with Crippen molar-refractivity contribution < 1.29 is 17.6 Å². The average Bonchev–Trinajstić information content (AvgIpc) is 3.18. The van der Waals surface area contributed by atoms with Crippen molar-refractivity contribution in [2.45, 2.75) is 19.9 Å². The first-order valence-electron chi connectivity index (χ1n) is 7.81. The van der Waals surface area contributed by atoms with E-state index in [2.05, 4.69) is 20.3 Å². The standard InChI is InChI=1S/C17H11ClF3N5O/c1-8-23-24-14(27-8)7-26-13-5-10(6-22-15(13)17(21)25-26)9-2-3-12(18)11(4-9)16(19)20/h2-6,16H,7H2,1H3. The van der Waals surface area contributed by atoms with E-state index in [0.29, 0.717) is 22.5 Å². The first-order valence-corrected chi connectivity index (χ1v) is 8.19. The lowest BCUT2D eigenvalue weighted by Crippen LogP contribution is -2.02. The largest absolute Gasteiger partial charge is 0.424 e. The highest BCUT2D eigenvalue weighted by atomic mass is 35.5. The molecule has 6 nitrogen and oxygen atoms in total. The quantitative estimate of drug-likeness (QED) is 0.508. The van der Waals surface area contributed by atoms with Gasteiger partial charge in [0.15, 0.2) is 0 Å². The summed E-state index contributed by atoms with van der Waals surface area (Å²) in [7, 11) is 0. The number of pyridine rings is 1. The summed E-state index contributed by atoms with van der Waals surface area (Å²) in [6, 6.07) is 5.88. The average molecular weight is 394 g/mol. The highest BCUT2D eigenvalue weighted by Gasteiger charge is 2.17. The second-order valence-electron chi connectivity index (χ2n) is 5.79. The van der Waals surface area contributed by atoms with Gasteiger partial charge in [0, 0.05) is 29.3 Å². The molecule has 0 amide bonds. The molecule has 138 valence electrons. The molecule has 0 bridgehead atoms. The van der Waals surface area contributed by atoms with Crippen LogP contribution in [0.1, 0.15) is 23.8 Å². The minimum Gasteiger partial charge on any atom is -0.424 e. The third kappa shape index (κ3) is 3.25. The maximum atomic E-state index is 14.1. The van der Waals surface area contributed by atoms with Crippen molar-refractivity contribution in [3.63, 3.8) is 0 Å². The highest BCUT2D eigenvalue weighted by Crippen LogP contribution is 2.32. The smallest absolute Gasteiger partial charge is 0.265 e. The predicted octanol–water partition coefficient (Wildman–Crippen LogP) is 4.57. The molecule has 0 saturated heterocycles. The first kappa shape index (κ1) is 17.5. The molecule has 0 saturated carbocycles. The van der Waals surface area contributed by atoms with E-state index in [0.717, 1.165) is 0 Å². The number of rotatable bonds is 4. The van der Waals surface area contributed by atoms with Crippen LogP contribution >= 0.6 is 11.6 Å². The molecule has 0 N–H and O–H groups in total. The van der Waals surface area contributed by atoms with Gasteiger partial charge in [-0.3, -0.25) is 4.68 Å². The number of benzene rings is 1. The molecule has 0 spiro atoms.